The minimum Gasteiger partial charge on any atom is -0.394 e. The van der Waals surface area contributed by atoms with E-state index in [0.717, 1.165) is 27.7 Å². The summed E-state index contributed by atoms with van der Waals surface area (Å²) < 4.78 is 99.6. The molecular weight excluding hydrogens is 1540 g/mol. The summed E-state index contributed by atoms with van der Waals surface area (Å²) in [5, 5.41) is 285. The first-order valence-corrected chi connectivity index (χ1v) is 35.6. The Bertz CT molecular complexity index is 2970. The maximum Gasteiger partial charge on any atom is 0.217 e. The Hall–Kier alpha value is -3.80. The van der Waals surface area contributed by atoms with Gasteiger partial charge in [0, 0.05) is 27.7 Å². The molecule has 0 aliphatic carbocycles. The summed E-state index contributed by atoms with van der Waals surface area (Å²) in [7, 11) is 0. The molecule has 0 aromatic rings. The Morgan fingerprint density at radius 2 is 0.473 bits per heavy atom. The molecule has 9 heterocycles. The van der Waals surface area contributed by atoms with E-state index >= 15 is 0 Å². The molecule has 9 aliphatic rings. The van der Waals surface area contributed by atoms with Crippen LogP contribution >= 0.6 is 0 Å². The standard InChI is InChI=1S/C62H104N4O46/c1-14(75)63-27-36(84)31(79)18(5-67)98-56(27)110-51-33(81)20(7-69)100-60(44(51)92)107-48-24(11-73)104-58(30(38(48)86)66-17(4)78)112-53-35(83)26(13-96-55-28(64-15(2)76)37(85)47(23(10-72)102-55)106-59-43(91)40(88)32(80)19(6-68)99-59)105-62(46(53)94)108-49-25(12-74)103-57(29(39(49)87)65-16(3)77)111-52-34(82)21(8-70)101-61(45(52)93)109-50-22(9-71)97-54(95)42(90)41(50)89/h18-62,67-74,79-95H,5-13H2,1-4H3,(H,63,75)(H,64,76)(H,65,77)(H,66,78)/t18-,19-,20-,21-,22-,23-,24-,25-,26-,27-,28-,29-,30-,31+,32+,33+,34+,35+,36-,37-,38-,39-,40+,41-,42-,43-,44-,45-,46-,47-,48-,49-,50-,51+,52+,53+,54-,55-,56-,57+,58+,59+,60+,61+,62+/m1/s1. The fourth-order valence-corrected chi connectivity index (χ4v) is 14.5. The quantitative estimate of drug-likeness (QED) is 0.0331. The van der Waals surface area contributed by atoms with Crippen LogP contribution in [0.5, 0.6) is 0 Å². The smallest absolute Gasteiger partial charge is 0.217 e. The van der Waals surface area contributed by atoms with E-state index in [9.17, 15) is 147 Å². The molecule has 0 aromatic heterocycles. The second-order valence-corrected chi connectivity index (χ2v) is 28.2. The first-order valence-electron chi connectivity index (χ1n) is 35.6. The summed E-state index contributed by atoms with van der Waals surface area (Å²) in [5.41, 5.74) is 0. The lowest BCUT2D eigenvalue weighted by Gasteiger charge is -2.51. The molecule has 0 radical (unpaired) electrons. The Labute approximate surface area is 634 Å². The molecule has 9 saturated heterocycles. The number of hydrogen-bond acceptors (Lipinski definition) is 46. The van der Waals surface area contributed by atoms with Crippen molar-refractivity contribution < 1.29 is 227 Å². The molecule has 9 rings (SSSR count). The molecule has 9 aliphatic heterocycles. The molecule has 9 fully saturated rings. The normalized spacial score (nSPS) is 48.9. The van der Waals surface area contributed by atoms with Crippen molar-refractivity contribution in [3.8, 4) is 0 Å². The van der Waals surface area contributed by atoms with Gasteiger partial charge in [0.1, 0.15) is 219 Å². The van der Waals surface area contributed by atoms with Crippen LogP contribution in [0.15, 0.2) is 0 Å². The molecule has 45 atom stereocenters. The highest BCUT2D eigenvalue weighted by Crippen LogP contribution is 2.40. The van der Waals surface area contributed by atoms with E-state index in [0.29, 0.717) is 0 Å². The van der Waals surface area contributed by atoms with Gasteiger partial charge < -0.3 is 229 Å². The molecule has 0 saturated carbocycles. The van der Waals surface area contributed by atoms with Crippen LogP contribution in [0.25, 0.3) is 0 Å². The van der Waals surface area contributed by atoms with Crippen molar-refractivity contribution >= 4 is 23.6 Å². The number of rotatable bonds is 29. The number of aliphatic hydroxyl groups is 25. The number of hydrogen-bond donors (Lipinski definition) is 29. The highest BCUT2D eigenvalue weighted by Gasteiger charge is 2.61. The van der Waals surface area contributed by atoms with Crippen molar-refractivity contribution in [1.29, 1.82) is 0 Å². The maximum atomic E-state index is 13.2. The minimum atomic E-state index is -2.52. The fourth-order valence-electron chi connectivity index (χ4n) is 14.5. The van der Waals surface area contributed by atoms with Crippen LogP contribution in [0.4, 0.5) is 0 Å². The van der Waals surface area contributed by atoms with Crippen LogP contribution < -0.4 is 21.3 Å². The van der Waals surface area contributed by atoms with Gasteiger partial charge in [-0.15, -0.1) is 0 Å². The molecule has 648 valence electrons. The number of carbonyl (C=O) groups excluding carboxylic acids is 4. The maximum absolute atomic E-state index is 13.2. The van der Waals surface area contributed by atoms with Crippen molar-refractivity contribution in [2.75, 3.05) is 59.5 Å². The van der Waals surface area contributed by atoms with E-state index in [4.69, 9.17) is 80.5 Å². The Kier molecular flexibility index (Phi) is 33.1. The first kappa shape index (κ1) is 92.1. The average Bonchev–Trinajstić information content (AvgIpc) is 0.767. The topological polar surface area (TPSA) is 779 Å². The van der Waals surface area contributed by atoms with Gasteiger partial charge in [-0.05, 0) is 0 Å². The molecular formula is C62H104N4O46. The second kappa shape index (κ2) is 40.3. The molecule has 0 bridgehead atoms. The third-order valence-electron chi connectivity index (χ3n) is 20.4. The van der Waals surface area contributed by atoms with Crippen molar-refractivity contribution in [3.63, 3.8) is 0 Å². The molecule has 29 N–H and O–H groups in total. The number of amides is 4. The van der Waals surface area contributed by atoms with Crippen molar-refractivity contribution in [2.24, 2.45) is 0 Å². The third kappa shape index (κ3) is 20.2. The van der Waals surface area contributed by atoms with Gasteiger partial charge in [-0.2, -0.15) is 0 Å². The van der Waals surface area contributed by atoms with E-state index < -0.39 is 359 Å². The van der Waals surface area contributed by atoms with Gasteiger partial charge in [0.05, 0.1) is 59.5 Å². The molecule has 112 heavy (non-hydrogen) atoms. The molecule has 4 amide bonds. The van der Waals surface area contributed by atoms with Gasteiger partial charge in [-0.3, -0.25) is 19.2 Å². The summed E-state index contributed by atoms with van der Waals surface area (Å²) in [4.78, 5) is 51.4. The molecule has 0 spiro atoms. The van der Waals surface area contributed by atoms with E-state index in [1.54, 1.807) is 0 Å². The van der Waals surface area contributed by atoms with Crippen LogP contribution in [0.1, 0.15) is 27.7 Å². The number of aliphatic hydroxyl groups excluding tert-OH is 25. The zero-order chi connectivity index (χ0) is 82.5. The summed E-state index contributed by atoms with van der Waals surface area (Å²) in [5.74, 6) is -3.69. The lowest BCUT2D eigenvalue weighted by molar-refractivity contribution is -0.390. The SMILES string of the molecule is CC(=O)N[C@H]1[C@H](OC[C@H]2O[C@@H](O[C@H]3[C@H](O)[C@@H](NC(C)=O)[C@H](O[C@H]4[C@@H](O)[C@@H](CO)O[C@@H](O[C@H]5[C@H](O)[C@@H](O)[C@H](O)O[C@@H]5CO)[C@@H]4O)O[C@@H]3CO)[C@H](O)[C@@H](O[C@@H]3O[C@H](CO)[C@@H](O[C@@H]4O[C@H](CO)[C@H](O)[C@H](O[C@H]5O[C@H](CO)[C@H](O)[C@H](O)[C@H]5NC(C)=O)[C@H]4O)[C@H](O)[C@H]3NC(C)=O)[C@H]2O)O[C@H](CO)[C@@H](O[C@@H]2O[C@H](CO)[C@H](O)[C@H](O)[C@H]2O)[C@@H]1O. The van der Waals surface area contributed by atoms with Gasteiger partial charge in [0.25, 0.3) is 0 Å². The van der Waals surface area contributed by atoms with E-state index in [1.807, 2.05) is 0 Å². The lowest BCUT2D eigenvalue weighted by Crippen LogP contribution is -2.71. The monoisotopic (exact) mass is 1640 g/mol. The van der Waals surface area contributed by atoms with E-state index in [1.165, 1.54) is 0 Å². The van der Waals surface area contributed by atoms with E-state index in [2.05, 4.69) is 21.3 Å². The number of carbonyl (C=O) groups is 4. The third-order valence-corrected chi connectivity index (χ3v) is 20.4. The predicted molar refractivity (Wildman–Crippen MR) is 343 cm³/mol. The molecule has 50 nitrogen and oxygen atoms in total. The first-order chi connectivity index (χ1) is 53.0. The Morgan fingerprint density at radius 1 is 0.232 bits per heavy atom. The van der Waals surface area contributed by atoms with Gasteiger partial charge in [0.15, 0.2) is 56.6 Å². The summed E-state index contributed by atoms with van der Waals surface area (Å²) in [6.07, 6.45) is -83.6. The summed E-state index contributed by atoms with van der Waals surface area (Å²) in [6, 6.07) is -7.52. The predicted octanol–water partition coefficient (Wildman–Crippen LogP) is -20.1. The zero-order valence-corrected chi connectivity index (χ0v) is 60.1. The Balaban J connectivity index is 1.01. The average molecular weight is 1640 g/mol. The van der Waals surface area contributed by atoms with Crippen LogP contribution in [0.3, 0.4) is 0 Å². The molecule has 0 aromatic carbocycles. The van der Waals surface area contributed by atoms with Gasteiger partial charge in [-0.1, -0.05) is 0 Å². The lowest BCUT2D eigenvalue weighted by atomic mass is 9.93. The number of ether oxygens (including phenoxy) is 17. The largest absolute Gasteiger partial charge is 0.394 e. The van der Waals surface area contributed by atoms with Crippen LogP contribution in [0, 0.1) is 0 Å². The van der Waals surface area contributed by atoms with Gasteiger partial charge in [0.2, 0.25) is 23.6 Å². The summed E-state index contributed by atoms with van der Waals surface area (Å²) in [6.45, 7) is -5.83. The van der Waals surface area contributed by atoms with Crippen LogP contribution in [-0.2, 0) is 99.7 Å². The second-order valence-electron chi connectivity index (χ2n) is 28.2. The summed E-state index contributed by atoms with van der Waals surface area (Å²) >= 11 is 0. The minimum absolute atomic E-state index is 0.808. The zero-order valence-electron chi connectivity index (χ0n) is 60.1. The molecule has 50 heteroatoms. The van der Waals surface area contributed by atoms with E-state index in [-0.39, 0.29) is 0 Å². The highest BCUT2D eigenvalue weighted by molar-refractivity contribution is 5.74. The van der Waals surface area contributed by atoms with Crippen LogP contribution in [0.2, 0.25) is 0 Å². The Morgan fingerprint density at radius 3 is 0.812 bits per heavy atom. The fraction of sp³-hybridized carbons (Fsp3) is 0.935. The van der Waals surface area contributed by atoms with Gasteiger partial charge >= 0.3 is 0 Å². The highest BCUT2D eigenvalue weighted by atomic mass is 16.8. The van der Waals surface area contributed by atoms with Crippen molar-refractivity contribution in [2.45, 2.75) is 304 Å². The van der Waals surface area contributed by atoms with Crippen LogP contribution in [-0.4, -0.2) is 487 Å². The molecule has 0 unspecified atom stereocenters. The van der Waals surface area contributed by atoms with Crippen molar-refractivity contribution in [1.82, 2.24) is 21.3 Å². The van der Waals surface area contributed by atoms with Crippen molar-refractivity contribution in [3.05, 3.63) is 0 Å². The number of nitrogens with one attached hydrogen (secondary N) is 4. The van der Waals surface area contributed by atoms with Gasteiger partial charge in [-0.25, -0.2) is 0 Å².